The van der Waals surface area contributed by atoms with Gasteiger partial charge in [-0.3, -0.25) is 0 Å². The number of rotatable bonds is 4. The Morgan fingerprint density at radius 3 is 2.48 bits per heavy atom. The second-order valence-corrected chi connectivity index (χ2v) is 4.91. The van der Waals surface area contributed by atoms with Gasteiger partial charge >= 0.3 is 0 Å². The molecule has 0 aliphatic rings. The minimum Gasteiger partial charge on any atom is -0.508 e. The first-order valence-corrected chi connectivity index (χ1v) is 7.10. The molecule has 2 aromatic carbocycles. The highest BCUT2D eigenvalue weighted by molar-refractivity contribution is 7.80. The third-order valence-electron chi connectivity index (χ3n) is 3.03. The Labute approximate surface area is 129 Å². The molecule has 0 saturated carbocycles. The van der Waals surface area contributed by atoms with Gasteiger partial charge in [0.05, 0.1) is 6.54 Å². The number of nitrogens with one attached hydrogen (secondary N) is 1. The van der Waals surface area contributed by atoms with Crippen molar-refractivity contribution in [3.05, 3.63) is 59.9 Å². The van der Waals surface area contributed by atoms with Gasteiger partial charge in [0, 0.05) is 17.8 Å². The molecule has 0 aliphatic heterocycles. The molecule has 0 unspecified atom stereocenters. The molecule has 0 fully saturated rings. The summed E-state index contributed by atoms with van der Waals surface area (Å²) in [5, 5.41) is 13.5. The van der Waals surface area contributed by atoms with Crippen LogP contribution in [0.2, 0.25) is 0 Å². The molecule has 0 aliphatic carbocycles. The predicted molar refractivity (Wildman–Crippen MR) is 87.0 cm³/mol. The van der Waals surface area contributed by atoms with E-state index in [9.17, 15) is 9.50 Å². The van der Waals surface area contributed by atoms with Crippen molar-refractivity contribution in [2.45, 2.75) is 13.5 Å². The van der Waals surface area contributed by atoms with Gasteiger partial charge in [-0.1, -0.05) is 18.2 Å². The summed E-state index contributed by atoms with van der Waals surface area (Å²) >= 11 is 5.37. The van der Waals surface area contributed by atoms with Crippen LogP contribution in [0.1, 0.15) is 12.5 Å². The highest BCUT2D eigenvalue weighted by Gasteiger charge is 2.14. The van der Waals surface area contributed by atoms with Gasteiger partial charge in [-0.25, -0.2) is 4.39 Å². The summed E-state index contributed by atoms with van der Waals surface area (Å²) in [5.41, 5.74) is 1.52. The molecule has 110 valence electrons. The first-order chi connectivity index (χ1) is 10.1. The number of thiocarbonyl (C=S) groups is 1. The third-order valence-corrected chi connectivity index (χ3v) is 3.40. The Morgan fingerprint density at radius 2 is 1.86 bits per heavy atom. The molecule has 21 heavy (non-hydrogen) atoms. The lowest BCUT2D eigenvalue weighted by atomic mass is 10.2. The number of hydrogen-bond acceptors (Lipinski definition) is 2. The highest BCUT2D eigenvalue weighted by atomic mass is 32.1. The van der Waals surface area contributed by atoms with Crippen molar-refractivity contribution in [2.75, 3.05) is 11.4 Å². The van der Waals surface area contributed by atoms with E-state index < -0.39 is 0 Å². The lowest BCUT2D eigenvalue weighted by molar-refractivity contribution is 0.468. The Bertz CT molecular complexity index is 616. The Kier molecular flexibility index (Phi) is 5.11. The first-order valence-electron chi connectivity index (χ1n) is 6.69. The zero-order valence-corrected chi connectivity index (χ0v) is 12.5. The molecular formula is C16H17FN2OS. The number of phenolic OH excluding ortho intramolecular Hbond substituents is 1. The Hall–Kier alpha value is -2.14. The van der Waals surface area contributed by atoms with Crippen LogP contribution in [0.3, 0.4) is 0 Å². The Morgan fingerprint density at radius 1 is 1.19 bits per heavy atom. The van der Waals surface area contributed by atoms with E-state index >= 15 is 0 Å². The molecule has 0 spiro atoms. The highest BCUT2D eigenvalue weighted by Crippen LogP contribution is 2.22. The molecule has 0 bridgehead atoms. The number of halogens is 1. The average Bonchev–Trinajstić information content (AvgIpc) is 2.48. The van der Waals surface area contributed by atoms with E-state index in [2.05, 4.69) is 5.32 Å². The van der Waals surface area contributed by atoms with E-state index in [1.54, 1.807) is 24.3 Å². The van der Waals surface area contributed by atoms with Crippen molar-refractivity contribution < 1.29 is 9.50 Å². The van der Waals surface area contributed by atoms with Crippen molar-refractivity contribution in [3.8, 4) is 5.75 Å². The van der Waals surface area contributed by atoms with Crippen LogP contribution >= 0.6 is 12.2 Å². The van der Waals surface area contributed by atoms with Crippen molar-refractivity contribution in [1.29, 1.82) is 0 Å². The summed E-state index contributed by atoms with van der Waals surface area (Å²) in [6.45, 7) is 3.05. The monoisotopic (exact) mass is 304 g/mol. The lowest BCUT2D eigenvalue weighted by Gasteiger charge is -2.26. The summed E-state index contributed by atoms with van der Waals surface area (Å²) in [7, 11) is 0. The van der Waals surface area contributed by atoms with Crippen LogP contribution < -0.4 is 10.2 Å². The minimum atomic E-state index is -0.296. The SMILES string of the molecule is CCNC(=S)N(Cc1ccccc1O)c1ccc(F)cc1. The van der Waals surface area contributed by atoms with Gasteiger partial charge in [-0.2, -0.15) is 0 Å². The van der Waals surface area contributed by atoms with Gasteiger partial charge < -0.3 is 15.3 Å². The van der Waals surface area contributed by atoms with Gasteiger partial charge in [-0.05, 0) is 49.5 Å². The summed E-state index contributed by atoms with van der Waals surface area (Å²) in [6.07, 6.45) is 0. The lowest BCUT2D eigenvalue weighted by Crippen LogP contribution is -2.39. The Balaban J connectivity index is 2.30. The molecule has 0 aromatic heterocycles. The number of para-hydroxylation sites is 1. The van der Waals surface area contributed by atoms with Crippen molar-refractivity contribution in [1.82, 2.24) is 5.32 Å². The second-order valence-electron chi connectivity index (χ2n) is 4.53. The van der Waals surface area contributed by atoms with Crippen LogP contribution in [-0.4, -0.2) is 16.8 Å². The second kappa shape index (κ2) is 7.04. The van der Waals surface area contributed by atoms with E-state index in [-0.39, 0.29) is 11.6 Å². The minimum absolute atomic E-state index is 0.212. The molecule has 2 rings (SSSR count). The molecule has 2 N–H and O–H groups in total. The van der Waals surface area contributed by atoms with E-state index in [1.807, 2.05) is 24.0 Å². The van der Waals surface area contributed by atoms with Crippen molar-refractivity contribution in [2.24, 2.45) is 0 Å². The predicted octanol–water partition coefficient (Wildman–Crippen LogP) is 3.43. The normalized spacial score (nSPS) is 10.2. The summed E-state index contributed by atoms with van der Waals surface area (Å²) in [6, 6.07) is 13.2. The fourth-order valence-corrected chi connectivity index (χ4v) is 2.28. The summed E-state index contributed by atoms with van der Waals surface area (Å²) in [4.78, 5) is 1.83. The maximum absolute atomic E-state index is 13.1. The summed E-state index contributed by atoms with van der Waals surface area (Å²) in [5.74, 6) is -0.0838. The fourth-order valence-electron chi connectivity index (χ4n) is 1.96. The first kappa shape index (κ1) is 15.3. The molecular weight excluding hydrogens is 287 g/mol. The number of anilines is 1. The number of phenols is 1. The van der Waals surface area contributed by atoms with Crippen LogP contribution in [0.5, 0.6) is 5.75 Å². The van der Waals surface area contributed by atoms with Gasteiger partial charge in [0.25, 0.3) is 0 Å². The standard InChI is InChI=1S/C16H17FN2OS/c1-2-18-16(21)19(14-9-7-13(17)8-10-14)11-12-5-3-4-6-15(12)20/h3-10,20H,2,11H2,1H3,(H,18,21). The largest absolute Gasteiger partial charge is 0.508 e. The van der Waals surface area contributed by atoms with E-state index in [0.717, 1.165) is 11.3 Å². The summed E-state index contributed by atoms with van der Waals surface area (Å²) < 4.78 is 13.1. The van der Waals surface area contributed by atoms with Crippen molar-refractivity contribution in [3.63, 3.8) is 0 Å². The average molecular weight is 304 g/mol. The molecule has 5 heteroatoms. The zero-order chi connectivity index (χ0) is 15.2. The van der Waals surface area contributed by atoms with Crippen LogP contribution in [0, 0.1) is 5.82 Å². The molecule has 2 aromatic rings. The quantitative estimate of drug-likeness (QED) is 0.848. The fraction of sp³-hybridized carbons (Fsp3) is 0.188. The number of hydrogen-bond donors (Lipinski definition) is 2. The van der Waals surface area contributed by atoms with E-state index in [4.69, 9.17) is 12.2 Å². The maximum Gasteiger partial charge on any atom is 0.173 e. The van der Waals surface area contributed by atoms with Gasteiger partial charge in [-0.15, -0.1) is 0 Å². The van der Waals surface area contributed by atoms with Gasteiger partial charge in [0.2, 0.25) is 0 Å². The van der Waals surface area contributed by atoms with Gasteiger partial charge in [0.15, 0.2) is 5.11 Å². The van der Waals surface area contributed by atoms with E-state index in [0.29, 0.717) is 18.2 Å². The third kappa shape index (κ3) is 3.92. The van der Waals surface area contributed by atoms with Gasteiger partial charge in [0.1, 0.15) is 11.6 Å². The van der Waals surface area contributed by atoms with Crippen LogP contribution in [0.4, 0.5) is 10.1 Å². The molecule has 0 atom stereocenters. The van der Waals surface area contributed by atoms with Crippen molar-refractivity contribution >= 4 is 23.0 Å². The maximum atomic E-state index is 13.1. The molecule has 0 radical (unpaired) electrons. The molecule has 0 amide bonds. The van der Waals surface area contributed by atoms with Crippen LogP contribution in [-0.2, 0) is 6.54 Å². The molecule has 0 heterocycles. The smallest absolute Gasteiger partial charge is 0.173 e. The molecule has 0 saturated heterocycles. The van der Waals surface area contributed by atoms with Crippen LogP contribution in [0.15, 0.2) is 48.5 Å². The topological polar surface area (TPSA) is 35.5 Å². The van der Waals surface area contributed by atoms with Crippen LogP contribution in [0.25, 0.3) is 0 Å². The number of benzene rings is 2. The number of nitrogens with zero attached hydrogens (tertiary/aromatic N) is 1. The number of aromatic hydroxyl groups is 1. The molecule has 3 nitrogen and oxygen atoms in total. The van der Waals surface area contributed by atoms with E-state index in [1.165, 1.54) is 12.1 Å². The zero-order valence-electron chi connectivity index (χ0n) is 11.7.